The first-order valence-corrected chi connectivity index (χ1v) is 5.69. The van der Waals surface area contributed by atoms with Crippen LogP contribution in [0.1, 0.15) is 5.56 Å². The van der Waals surface area contributed by atoms with Crippen LogP contribution >= 0.6 is 0 Å². The molecule has 6 nitrogen and oxygen atoms in total. The first kappa shape index (κ1) is 12.8. The highest BCUT2D eigenvalue weighted by atomic mass is 16.2. The second kappa shape index (κ2) is 6.33. The zero-order chi connectivity index (χ0) is 13.5. The van der Waals surface area contributed by atoms with Gasteiger partial charge in [0.15, 0.2) is 0 Å². The molecule has 0 aliphatic rings. The number of anilines is 1. The number of aromatic nitrogens is 3. The molecule has 0 saturated carbocycles. The molecule has 6 heteroatoms. The third kappa shape index (κ3) is 3.94. The summed E-state index contributed by atoms with van der Waals surface area (Å²) in [6.45, 7) is 0.463. The van der Waals surface area contributed by atoms with Crippen molar-refractivity contribution in [2.24, 2.45) is 5.73 Å². The predicted molar refractivity (Wildman–Crippen MR) is 71.0 cm³/mol. The van der Waals surface area contributed by atoms with E-state index in [4.69, 9.17) is 5.73 Å². The highest BCUT2D eigenvalue weighted by Crippen LogP contribution is 2.08. The number of hydrogen-bond acceptors (Lipinski definition) is 4. The van der Waals surface area contributed by atoms with Crippen LogP contribution < -0.4 is 11.1 Å². The van der Waals surface area contributed by atoms with Gasteiger partial charge in [0.05, 0.1) is 6.54 Å². The summed E-state index contributed by atoms with van der Waals surface area (Å²) < 4.78 is 1.45. The molecule has 19 heavy (non-hydrogen) atoms. The van der Waals surface area contributed by atoms with Gasteiger partial charge in [0.25, 0.3) is 0 Å². The normalized spacial score (nSPS) is 9.53. The van der Waals surface area contributed by atoms with E-state index < -0.39 is 0 Å². The number of carbonyl (C=O) groups excluding carboxylic acids is 1. The molecule has 1 heterocycles. The SMILES string of the molecule is NCC#Cc1ccc(NC(=O)Cn2cncn2)cc1. The van der Waals surface area contributed by atoms with Crippen LogP contribution in [0.4, 0.5) is 5.69 Å². The number of rotatable bonds is 3. The van der Waals surface area contributed by atoms with Crippen LogP contribution in [-0.2, 0) is 11.3 Å². The molecule has 3 N–H and O–H groups in total. The number of nitrogens with one attached hydrogen (secondary N) is 1. The lowest BCUT2D eigenvalue weighted by atomic mass is 10.2. The third-order valence-electron chi connectivity index (χ3n) is 2.28. The van der Waals surface area contributed by atoms with Gasteiger partial charge in [0.1, 0.15) is 19.2 Å². The van der Waals surface area contributed by atoms with Gasteiger partial charge in [-0.15, -0.1) is 0 Å². The number of amides is 1. The van der Waals surface area contributed by atoms with Crippen molar-refractivity contribution in [2.75, 3.05) is 11.9 Å². The number of benzene rings is 1. The molecule has 0 spiro atoms. The van der Waals surface area contributed by atoms with E-state index in [0.29, 0.717) is 12.2 Å². The zero-order valence-corrected chi connectivity index (χ0v) is 10.2. The summed E-state index contributed by atoms with van der Waals surface area (Å²) in [6, 6.07) is 7.24. The van der Waals surface area contributed by atoms with Gasteiger partial charge < -0.3 is 11.1 Å². The van der Waals surface area contributed by atoms with Crippen molar-refractivity contribution < 1.29 is 4.79 Å². The van der Waals surface area contributed by atoms with Gasteiger partial charge in [-0.05, 0) is 24.3 Å². The maximum absolute atomic E-state index is 11.7. The molecule has 0 atom stereocenters. The Balaban J connectivity index is 1.94. The van der Waals surface area contributed by atoms with Gasteiger partial charge >= 0.3 is 0 Å². The Kier molecular flexibility index (Phi) is 4.26. The van der Waals surface area contributed by atoms with Crippen molar-refractivity contribution in [3.05, 3.63) is 42.5 Å². The predicted octanol–water partition coefficient (Wildman–Crippen LogP) is 0.227. The monoisotopic (exact) mass is 255 g/mol. The highest BCUT2D eigenvalue weighted by molar-refractivity contribution is 5.90. The second-order valence-corrected chi connectivity index (χ2v) is 3.72. The molecule has 1 aromatic carbocycles. The van der Waals surface area contributed by atoms with Gasteiger partial charge in [-0.3, -0.25) is 4.79 Å². The van der Waals surface area contributed by atoms with Crippen LogP contribution in [0.5, 0.6) is 0 Å². The summed E-state index contributed by atoms with van der Waals surface area (Å²) in [5, 5.41) is 6.62. The standard InChI is InChI=1S/C13H13N5O/c14-7-1-2-11-3-5-12(6-4-11)17-13(19)8-18-10-15-9-16-18/h3-6,9-10H,7-8,14H2,(H,17,19). The molecule has 2 aromatic rings. The quantitative estimate of drug-likeness (QED) is 0.769. The van der Waals surface area contributed by atoms with E-state index >= 15 is 0 Å². The number of hydrogen-bond donors (Lipinski definition) is 2. The molecule has 0 unspecified atom stereocenters. The first-order chi connectivity index (χ1) is 9.28. The molecule has 0 aliphatic carbocycles. The fourth-order valence-corrected chi connectivity index (χ4v) is 1.45. The van der Waals surface area contributed by atoms with Crippen molar-refractivity contribution in [2.45, 2.75) is 6.54 Å². The van der Waals surface area contributed by atoms with E-state index in [-0.39, 0.29) is 12.5 Å². The molecule has 0 radical (unpaired) electrons. The van der Waals surface area contributed by atoms with Crippen molar-refractivity contribution in [3.8, 4) is 11.8 Å². The third-order valence-corrected chi connectivity index (χ3v) is 2.28. The zero-order valence-electron chi connectivity index (χ0n) is 10.2. The second-order valence-electron chi connectivity index (χ2n) is 3.72. The summed E-state index contributed by atoms with van der Waals surface area (Å²) in [6.07, 6.45) is 2.88. The molecule has 0 aliphatic heterocycles. The molecule has 1 aromatic heterocycles. The van der Waals surface area contributed by atoms with Gasteiger partial charge in [0.2, 0.25) is 5.91 Å². The maximum Gasteiger partial charge on any atom is 0.246 e. The fourth-order valence-electron chi connectivity index (χ4n) is 1.45. The Morgan fingerprint density at radius 3 is 2.79 bits per heavy atom. The smallest absolute Gasteiger partial charge is 0.246 e. The first-order valence-electron chi connectivity index (χ1n) is 5.69. The highest BCUT2D eigenvalue weighted by Gasteiger charge is 2.03. The molecule has 96 valence electrons. The Morgan fingerprint density at radius 2 is 2.16 bits per heavy atom. The van der Waals surface area contributed by atoms with Crippen molar-refractivity contribution >= 4 is 11.6 Å². The summed E-state index contributed by atoms with van der Waals surface area (Å²) in [4.78, 5) is 15.5. The molecule has 2 rings (SSSR count). The lowest BCUT2D eigenvalue weighted by molar-refractivity contribution is -0.116. The number of nitrogens with two attached hydrogens (primary N) is 1. The molecule has 0 bridgehead atoms. The number of carbonyl (C=O) groups is 1. The van der Waals surface area contributed by atoms with Crippen LogP contribution in [0.3, 0.4) is 0 Å². The maximum atomic E-state index is 11.7. The van der Waals surface area contributed by atoms with Crippen LogP contribution in [0.2, 0.25) is 0 Å². The largest absolute Gasteiger partial charge is 0.324 e. The Bertz CT molecular complexity index is 592. The molecule has 0 fully saturated rings. The average Bonchev–Trinajstić information content (AvgIpc) is 2.90. The lowest BCUT2D eigenvalue weighted by Gasteiger charge is -2.04. The minimum atomic E-state index is -0.161. The van der Waals surface area contributed by atoms with E-state index in [0.717, 1.165) is 5.56 Å². The Morgan fingerprint density at radius 1 is 1.37 bits per heavy atom. The van der Waals surface area contributed by atoms with Gasteiger partial charge in [0, 0.05) is 11.3 Å². The van der Waals surface area contributed by atoms with Crippen LogP contribution in [0.25, 0.3) is 0 Å². The summed E-state index contributed by atoms with van der Waals surface area (Å²) in [5.74, 6) is 5.52. The van der Waals surface area contributed by atoms with E-state index in [1.807, 2.05) is 12.1 Å². The van der Waals surface area contributed by atoms with Crippen molar-refractivity contribution in [1.29, 1.82) is 0 Å². The van der Waals surface area contributed by atoms with Crippen LogP contribution in [0.15, 0.2) is 36.9 Å². The van der Waals surface area contributed by atoms with E-state index in [2.05, 4.69) is 27.2 Å². The Hall–Kier alpha value is -2.65. The number of nitrogens with zero attached hydrogens (tertiary/aromatic N) is 3. The van der Waals surface area contributed by atoms with E-state index in [9.17, 15) is 4.79 Å². The molecule has 1 amide bonds. The van der Waals surface area contributed by atoms with Gasteiger partial charge in [-0.1, -0.05) is 11.8 Å². The van der Waals surface area contributed by atoms with Crippen LogP contribution in [-0.4, -0.2) is 27.2 Å². The van der Waals surface area contributed by atoms with Gasteiger partial charge in [-0.2, -0.15) is 5.10 Å². The fraction of sp³-hybridized carbons (Fsp3) is 0.154. The summed E-state index contributed by atoms with van der Waals surface area (Å²) in [7, 11) is 0. The molecule has 0 saturated heterocycles. The minimum absolute atomic E-state index is 0.134. The topological polar surface area (TPSA) is 85.8 Å². The van der Waals surface area contributed by atoms with Crippen LogP contribution in [0, 0.1) is 11.8 Å². The van der Waals surface area contributed by atoms with E-state index in [1.54, 1.807) is 12.1 Å². The Labute approximate surface area is 110 Å². The van der Waals surface area contributed by atoms with Gasteiger partial charge in [-0.25, -0.2) is 9.67 Å². The average molecular weight is 255 g/mol. The molecular formula is C13H13N5O. The summed E-state index contributed by atoms with van der Waals surface area (Å²) in [5.41, 5.74) is 6.86. The minimum Gasteiger partial charge on any atom is -0.324 e. The van der Waals surface area contributed by atoms with Crippen molar-refractivity contribution in [1.82, 2.24) is 14.8 Å². The molecular weight excluding hydrogens is 242 g/mol. The van der Waals surface area contributed by atoms with Crippen molar-refractivity contribution in [3.63, 3.8) is 0 Å². The van der Waals surface area contributed by atoms with E-state index in [1.165, 1.54) is 17.3 Å². The summed E-state index contributed by atoms with van der Waals surface area (Å²) >= 11 is 0. The lowest BCUT2D eigenvalue weighted by Crippen LogP contribution is -2.18.